The molecule has 0 radical (unpaired) electrons. The van der Waals surface area contributed by atoms with Crippen LogP contribution in [0.2, 0.25) is 0 Å². The zero-order chi connectivity index (χ0) is 26.1. The van der Waals surface area contributed by atoms with Crippen molar-refractivity contribution in [1.82, 2.24) is 10.2 Å². The summed E-state index contributed by atoms with van der Waals surface area (Å²) in [5.74, 6) is 0.524. The van der Waals surface area contributed by atoms with Crippen molar-refractivity contribution < 1.29 is 14.3 Å². The van der Waals surface area contributed by atoms with Gasteiger partial charge in [-0.2, -0.15) is 0 Å². The Labute approximate surface area is 230 Å². The zero-order valence-electron chi connectivity index (χ0n) is 20.8. The molecule has 0 fully saturated rings. The van der Waals surface area contributed by atoms with Gasteiger partial charge in [0.2, 0.25) is 5.91 Å². The molecule has 1 atom stereocenters. The lowest BCUT2D eigenvalue weighted by Crippen LogP contribution is -2.51. The molecule has 3 aromatic rings. The first-order valence-corrected chi connectivity index (χ1v) is 13.6. The van der Waals surface area contributed by atoms with E-state index in [2.05, 4.69) is 51.0 Å². The van der Waals surface area contributed by atoms with Crippen LogP contribution >= 0.6 is 31.9 Å². The van der Waals surface area contributed by atoms with E-state index in [1.54, 1.807) is 4.90 Å². The average molecular weight is 616 g/mol. The molecule has 0 heterocycles. The van der Waals surface area contributed by atoms with E-state index in [0.717, 1.165) is 20.1 Å². The molecule has 3 aromatic carbocycles. The van der Waals surface area contributed by atoms with Gasteiger partial charge < -0.3 is 15.0 Å². The van der Waals surface area contributed by atoms with Crippen molar-refractivity contribution >= 4 is 43.7 Å². The second-order valence-electron chi connectivity index (χ2n) is 8.88. The Hall–Kier alpha value is -2.64. The summed E-state index contributed by atoms with van der Waals surface area (Å²) in [5, 5.41) is 2.91. The Morgan fingerprint density at radius 2 is 1.67 bits per heavy atom. The van der Waals surface area contributed by atoms with Crippen LogP contribution in [0.4, 0.5) is 0 Å². The fraction of sp³-hybridized carbons (Fsp3) is 0.310. The highest BCUT2D eigenvalue weighted by Crippen LogP contribution is 2.29. The topological polar surface area (TPSA) is 58.6 Å². The van der Waals surface area contributed by atoms with Gasteiger partial charge in [0.05, 0.1) is 4.47 Å². The second-order valence-corrected chi connectivity index (χ2v) is 10.7. The van der Waals surface area contributed by atoms with Crippen molar-refractivity contribution in [2.24, 2.45) is 0 Å². The quantitative estimate of drug-likeness (QED) is 0.268. The minimum Gasteiger partial charge on any atom is -0.483 e. The predicted octanol–water partition coefficient (Wildman–Crippen LogP) is 6.49. The lowest BCUT2D eigenvalue weighted by Gasteiger charge is -2.31. The van der Waals surface area contributed by atoms with Gasteiger partial charge in [-0.15, -0.1) is 0 Å². The Kier molecular flexibility index (Phi) is 10.6. The van der Waals surface area contributed by atoms with E-state index in [1.165, 1.54) is 5.56 Å². The first-order valence-electron chi connectivity index (χ1n) is 12.1. The highest BCUT2D eigenvalue weighted by molar-refractivity contribution is 9.10. The van der Waals surface area contributed by atoms with Gasteiger partial charge in [0.25, 0.3) is 5.91 Å². The predicted molar refractivity (Wildman–Crippen MR) is 151 cm³/mol. The number of ether oxygens (including phenoxy) is 1. The molecule has 0 saturated carbocycles. The van der Waals surface area contributed by atoms with E-state index in [1.807, 2.05) is 79.7 Å². The van der Waals surface area contributed by atoms with Crippen molar-refractivity contribution in [3.63, 3.8) is 0 Å². The second kappa shape index (κ2) is 13.6. The van der Waals surface area contributed by atoms with Crippen molar-refractivity contribution in [2.75, 3.05) is 13.2 Å². The smallest absolute Gasteiger partial charge is 0.261 e. The number of nitrogens with one attached hydrogen (secondary N) is 1. The monoisotopic (exact) mass is 614 g/mol. The Morgan fingerprint density at radius 3 is 2.31 bits per heavy atom. The molecule has 7 heteroatoms. The van der Waals surface area contributed by atoms with E-state index in [4.69, 9.17) is 4.74 Å². The number of nitrogens with zero attached hydrogens (tertiary/aromatic N) is 1. The SMILES string of the molecule is CCNC(=O)C(Cc1ccccc1)N(Cc1cccc(Br)c1)C(=O)COc1ccc(C(C)C)cc1Br. The molecular formula is C29H32Br2N2O3. The largest absolute Gasteiger partial charge is 0.483 e. The number of halogens is 2. The molecule has 3 rings (SSSR count). The number of carbonyl (C=O) groups is 2. The summed E-state index contributed by atoms with van der Waals surface area (Å²) in [6, 6.07) is 22.7. The molecule has 0 spiro atoms. The van der Waals surface area contributed by atoms with Gasteiger partial charge in [-0.25, -0.2) is 0 Å². The molecule has 1 N–H and O–H groups in total. The van der Waals surface area contributed by atoms with Gasteiger partial charge in [0, 0.05) is 24.0 Å². The van der Waals surface area contributed by atoms with E-state index >= 15 is 0 Å². The lowest BCUT2D eigenvalue weighted by molar-refractivity contribution is -0.142. The number of hydrogen-bond acceptors (Lipinski definition) is 3. The fourth-order valence-corrected chi connectivity index (χ4v) is 4.85. The van der Waals surface area contributed by atoms with Gasteiger partial charge in [-0.1, -0.05) is 78.3 Å². The summed E-state index contributed by atoms with van der Waals surface area (Å²) in [4.78, 5) is 28.5. The summed E-state index contributed by atoms with van der Waals surface area (Å²) < 4.78 is 7.65. The van der Waals surface area contributed by atoms with Gasteiger partial charge in [0.15, 0.2) is 6.61 Å². The van der Waals surface area contributed by atoms with E-state index in [0.29, 0.717) is 24.6 Å². The highest BCUT2D eigenvalue weighted by atomic mass is 79.9. The summed E-state index contributed by atoms with van der Waals surface area (Å²) in [6.45, 7) is 6.70. The molecular weight excluding hydrogens is 584 g/mol. The van der Waals surface area contributed by atoms with Crippen LogP contribution in [-0.4, -0.2) is 35.9 Å². The van der Waals surface area contributed by atoms with Crippen LogP contribution < -0.4 is 10.1 Å². The average Bonchev–Trinajstić information content (AvgIpc) is 2.86. The third kappa shape index (κ3) is 7.93. The molecule has 2 amide bonds. The maximum Gasteiger partial charge on any atom is 0.261 e. The summed E-state index contributed by atoms with van der Waals surface area (Å²) in [5.41, 5.74) is 3.08. The van der Waals surface area contributed by atoms with Crippen molar-refractivity contribution in [3.05, 3.63) is 98.4 Å². The maximum absolute atomic E-state index is 13.6. The maximum atomic E-state index is 13.6. The molecule has 0 aromatic heterocycles. The number of benzene rings is 3. The van der Waals surface area contributed by atoms with E-state index < -0.39 is 6.04 Å². The minimum atomic E-state index is -0.686. The first kappa shape index (κ1) is 27.9. The first-order chi connectivity index (χ1) is 17.3. The van der Waals surface area contributed by atoms with Crippen molar-refractivity contribution in [1.29, 1.82) is 0 Å². The fourth-order valence-electron chi connectivity index (χ4n) is 3.89. The molecule has 36 heavy (non-hydrogen) atoms. The van der Waals surface area contributed by atoms with Crippen LogP contribution in [0.3, 0.4) is 0 Å². The Morgan fingerprint density at radius 1 is 0.944 bits per heavy atom. The van der Waals surface area contributed by atoms with Crippen LogP contribution in [-0.2, 0) is 22.6 Å². The number of amides is 2. The molecule has 1 unspecified atom stereocenters. The molecule has 5 nitrogen and oxygen atoms in total. The van der Waals surface area contributed by atoms with Crippen molar-refractivity contribution in [3.8, 4) is 5.75 Å². The van der Waals surface area contributed by atoms with Gasteiger partial charge in [-0.05, 0) is 69.7 Å². The lowest BCUT2D eigenvalue weighted by atomic mass is 10.0. The summed E-state index contributed by atoms with van der Waals surface area (Å²) in [6.07, 6.45) is 0.402. The van der Waals surface area contributed by atoms with Crippen LogP contribution in [0.5, 0.6) is 5.75 Å². The van der Waals surface area contributed by atoms with Gasteiger partial charge in [-0.3, -0.25) is 9.59 Å². The standard InChI is InChI=1S/C29H32Br2N2O3/c1-4-32-29(35)26(16-21-9-6-5-7-10-21)33(18-22-11-8-12-24(30)15-22)28(34)19-36-27-14-13-23(20(2)3)17-25(27)31/h5-15,17,20,26H,4,16,18-19H2,1-3H3,(H,32,35). The molecule has 0 bridgehead atoms. The third-order valence-corrected chi connectivity index (χ3v) is 6.95. The number of likely N-dealkylation sites (N-methyl/N-ethyl adjacent to an activating group) is 1. The highest BCUT2D eigenvalue weighted by Gasteiger charge is 2.30. The van der Waals surface area contributed by atoms with Crippen LogP contribution in [0.1, 0.15) is 43.4 Å². The van der Waals surface area contributed by atoms with E-state index in [-0.39, 0.29) is 25.0 Å². The van der Waals surface area contributed by atoms with Crippen LogP contribution in [0.15, 0.2) is 81.7 Å². The van der Waals surface area contributed by atoms with Gasteiger partial charge >= 0.3 is 0 Å². The van der Waals surface area contributed by atoms with Crippen LogP contribution in [0.25, 0.3) is 0 Å². The third-order valence-electron chi connectivity index (χ3n) is 5.84. The Balaban J connectivity index is 1.88. The van der Waals surface area contributed by atoms with Gasteiger partial charge in [0.1, 0.15) is 11.8 Å². The molecule has 0 aliphatic rings. The summed E-state index contributed by atoms with van der Waals surface area (Å²) >= 11 is 7.07. The Bertz CT molecular complexity index is 1170. The number of carbonyl (C=O) groups excluding carboxylic acids is 2. The van der Waals surface area contributed by atoms with E-state index in [9.17, 15) is 9.59 Å². The normalized spacial score (nSPS) is 11.7. The molecule has 0 aliphatic heterocycles. The van der Waals surface area contributed by atoms with Crippen molar-refractivity contribution in [2.45, 2.75) is 45.7 Å². The molecule has 190 valence electrons. The number of hydrogen-bond donors (Lipinski definition) is 1. The minimum absolute atomic E-state index is 0.182. The molecule has 0 saturated heterocycles. The van der Waals surface area contributed by atoms with Crippen LogP contribution in [0, 0.1) is 0 Å². The molecule has 0 aliphatic carbocycles. The summed E-state index contributed by atoms with van der Waals surface area (Å²) in [7, 11) is 0. The number of rotatable bonds is 11. The zero-order valence-corrected chi connectivity index (χ0v) is 24.0.